The van der Waals surface area contributed by atoms with Crippen LogP contribution in [-0.4, -0.2) is 95.7 Å². The third-order valence-electron chi connectivity index (χ3n) is 10.1. The van der Waals surface area contributed by atoms with Crippen molar-refractivity contribution in [2.75, 3.05) is 0 Å². The summed E-state index contributed by atoms with van der Waals surface area (Å²) in [5.41, 5.74) is 1.03. The van der Waals surface area contributed by atoms with Gasteiger partial charge in [0.15, 0.2) is 0 Å². The van der Waals surface area contributed by atoms with E-state index in [1.54, 1.807) is 83.3 Å². The highest BCUT2D eigenvalue weighted by molar-refractivity contribution is 7.81. The SMILES string of the molecule is CC[C@@H](C)[C@H](NC(=O)[C@H](C(C)C)C(O)(S)C(O)[C@H](CC(C)C)NC(=O)[C@H](Cc1cnc[nH]1)NC(=O)[C@H](Cc1ccccc1)NC(=O)OC(C)(C)C)C(=O)NCc1ccccn1. The molecule has 16 nitrogen and oxygen atoms in total. The number of H-pyrrole nitrogens is 1. The molecule has 0 radical (unpaired) electrons. The van der Waals surface area contributed by atoms with Crippen molar-refractivity contribution in [1.29, 1.82) is 0 Å². The van der Waals surface area contributed by atoms with Crippen LogP contribution >= 0.6 is 12.6 Å². The Hall–Kier alpha value is -5.00. The van der Waals surface area contributed by atoms with Gasteiger partial charge in [-0.15, -0.1) is 12.6 Å². The van der Waals surface area contributed by atoms with Gasteiger partial charge in [-0.3, -0.25) is 24.2 Å². The molecule has 3 aromatic rings. The smallest absolute Gasteiger partial charge is 0.408 e. The fraction of sp³-hybridized carbons (Fsp3) is 0.568. The molecule has 61 heavy (non-hydrogen) atoms. The Morgan fingerprint density at radius 3 is 2.03 bits per heavy atom. The average Bonchev–Trinajstić information content (AvgIpc) is 3.70. The molecule has 0 saturated carbocycles. The highest BCUT2D eigenvalue weighted by atomic mass is 32.1. The zero-order chi connectivity index (χ0) is 45.5. The summed E-state index contributed by atoms with van der Waals surface area (Å²) in [5, 5.41) is 38.0. The molecule has 0 aliphatic heterocycles. The highest BCUT2D eigenvalue weighted by Gasteiger charge is 2.50. The molecular formula is C44H66N8O8S. The molecule has 0 fully saturated rings. The monoisotopic (exact) mass is 866 g/mol. The minimum atomic E-state index is -2.43. The summed E-state index contributed by atoms with van der Waals surface area (Å²) in [6, 6.07) is 9.75. The predicted molar refractivity (Wildman–Crippen MR) is 235 cm³/mol. The highest BCUT2D eigenvalue weighted by Crippen LogP contribution is 2.35. The van der Waals surface area contributed by atoms with E-state index in [0.717, 1.165) is 5.56 Å². The number of pyridine rings is 1. The third-order valence-corrected chi connectivity index (χ3v) is 10.7. The molecule has 8 N–H and O–H groups in total. The van der Waals surface area contributed by atoms with Gasteiger partial charge < -0.3 is 46.5 Å². The van der Waals surface area contributed by atoms with Gasteiger partial charge in [-0.2, -0.15) is 0 Å². The predicted octanol–water partition coefficient (Wildman–Crippen LogP) is 3.60. The van der Waals surface area contributed by atoms with Gasteiger partial charge in [0.05, 0.1) is 30.5 Å². The summed E-state index contributed by atoms with van der Waals surface area (Å²) in [7, 11) is 0. The lowest BCUT2D eigenvalue weighted by Gasteiger charge is -2.41. The van der Waals surface area contributed by atoms with Crippen LogP contribution in [0.3, 0.4) is 0 Å². The van der Waals surface area contributed by atoms with Crippen LogP contribution < -0.4 is 26.6 Å². The maximum Gasteiger partial charge on any atom is 0.408 e. The summed E-state index contributed by atoms with van der Waals surface area (Å²) in [6.45, 7) is 16.0. The van der Waals surface area contributed by atoms with Gasteiger partial charge in [0, 0.05) is 30.9 Å². The first kappa shape index (κ1) is 50.4. The van der Waals surface area contributed by atoms with Crippen LogP contribution in [0.5, 0.6) is 0 Å². The van der Waals surface area contributed by atoms with Crippen LogP contribution in [0.15, 0.2) is 67.3 Å². The van der Waals surface area contributed by atoms with Gasteiger partial charge >= 0.3 is 6.09 Å². The van der Waals surface area contributed by atoms with E-state index in [1.165, 1.54) is 12.5 Å². The van der Waals surface area contributed by atoms with Gasteiger partial charge in [0.1, 0.15) is 34.8 Å². The molecule has 0 aliphatic carbocycles. The quantitative estimate of drug-likeness (QED) is 0.0526. The number of aromatic amines is 1. The molecule has 8 atom stereocenters. The number of nitrogens with one attached hydrogen (secondary N) is 6. The fourth-order valence-electron chi connectivity index (χ4n) is 6.87. The molecule has 3 rings (SSSR count). The van der Waals surface area contributed by atoms with E-state index in [9.17, 15) is 34.2 Å². The van der Waals surface area contributed by atoms with Crippen molar-refractivity contribution in [1.82, 2.24) is 41.5 Å². The van der Waals surface area contributed by atoms with Crippen LogP contribution in [0, 0.1) is 23.7 Å². The lowest BCUT2D eigenvalue weighted by molar-refractivity contribution is -0.144. The van der Waals surface area contributed by atoms with Crippen molar-refractivity contribution in [3.63, 3.8) is 0 Å². The normalized spacial score (nSPS) is 16.2. The van der Waals surface area contributed by atoms with Crippen molar-refractivity contribution in [2.24, 2.45) is 23.7 Å². The number of rotatable bonds is 22. The van der Waals surface area contributed by atoms with E-state index < -0.39 is 82.4 Å². The van der Waals surface area contributed by atoms with E-state index in [4.69, 9.17) is 4.74 Å². The van der Waals surface area contributed by atoms with Gasteiger partial charge in [-0.1, -0.05) is 84.4 Å². The third kappa shape index (κ3) is 16.1. The largest absolute Gasteiger partial charge is 0.444 e. The zero-order valence-electron chi connectivity index (χ0n) is 36.8. The molecule has 5 amide bonds. The summed E-state index contributed by atoms with van der Waals surface area (Å²) in [5.74, 6) is -4.98. The van der Waals surface area contributed by atoms with Crippen molar-refractivity contribution in [3.05, 3.63) is 84.2 Å². The first-order valence-corrected chi connectivity index (χ1v) is 21.3. The topological polar surface area (TPSA) is 237 Å². The number of aliphatic hydroxyl groups is 2. The van der Waals surface area contributed by atoms with E-state index in [1.807, 2.05) is 33.8 Å². The molecule has 0 spiro atoms. The van der Waals surface area contributed by atoms with E-state index in [2.05, 4.69) is 54.2 Å². The number of aliphatic hydroxyl groups excluding tert-OH is 1. The van der Waals surface area contributed by atoms with E-state index >= 15 is 0 Å². The molecule has 2 unspecified atom stereocenters. The molecule has 2 heterocycles. The Morgan fingerprint density at radius 2 is 1.48 bits per heavy atom. The molecule has 0 aliphatic rings. The van der Waals surface area contributed by atoms with Crippen molar-refractivity contribution < 1.29 is 38.9 Å². The zero-order valence-corrected chi connectivity index (χ0v) is 37.7. The van der Waals surface area contributed by atoms with Crippen LogP contribution in [0.25, 0.3) is 0 Å². The molecule has 336 valence electrons. The minimum absolute atomic E-state index is 0.0614. The summed E-state index contributed by atoms with van der Waals surface area (Å²) < 4.78 is 5.44. The second-order valence-corrected chi connectivity index (χ2v) is 18.1. The Labute approximate surface area is 365 Å². The molecule has 0 bridgehead atoms. The Kier molecular flexibility index (Phi) is 19.2. The second kappa shape index (κ2) is 23.3. The molecular weight excluding hydrogens is 801 g/mol. The first-order valence-electron chi connectivity index (χ1n) is 20.8. The molecule has 17 heteroatoms. The number of nitrogens with zero attached hydrogens (tertiary/aromatic N) is 2. The van der Waals surface area contributed by atoms with Gasteiger partial charge in [0.25, 0.3) is 0 Å². The number of hydrogen-bond acceptors (Lipinski definition) is 11. The van der Waals surface area contributed by atoms with Crippen molar-refractivity contribution >= 4 is 42.4 Å². The lowest BCUT2D eigenvalue weighted by atomic mass is 9.81. The Balaban J connectivity index is 1.90. The van der Waals surface area contributed by atoms with Gasteiger partial charge in [-0.05, 0) is 62.6 Å². The molecule has 0 saturated heterocycles. The number of ether oxygens (including phenoxy) is 1. The standard InChI is InChI=1S/C44H66N8O8S/c1-10-28(6)36(41(57)47-24-30-18-14-15-19-46-30)52-40(56)35(27(4)5)44(59,61)37(53)32(20-26(2)3)49-39(55)34(22-31-23-45-25-48-31)50-38(54)33(21-29-16-12-11-13-17-29)51-42(58)60-43(7,8)9/h11-19,23,25-28,32-37,53,59,61H,10,20-22,24H2,1-9H3,(H,45,48)(H,47,57)(H,49,55)(H,50,54)(H,51,58)(H,52,56)/t28-,32+,33+,34+,35+,36+,37?,44?/m1/s1. The van der Waals surface area contributed by atoms with Crippen LogP contribution in [-0.2, 0) is 43.3 Å². The van der Waals surface area contributed by atoms with Crippen molar-refractivity contribution in [3.8, 4) is 0 Å². The number of imidazole rings is 1. The van der Waals surface area contributed by atoms with E-state index in [0.29, 0.717) is 17.8 Å². The summed E-state index contributed by atoms with van der Waals surface area (Å²) >= 11 is 4.54. The molecule has 1 aromatic carbocycles. The summed E-state index contributed by atoms with van der Waals surface area (Å²) in [6.07, 6.45) is 2.58. The lowest BCUT2D eigenvalue weighted by Crippen LogP contribution is -2.63. The second-order valence-electron chi connectivity index (χ2n) is 17.3. The Morgan fingerprint density at radius 1 is 0.836 bits per heavy atom. The minimum Gasteiger partial charge on any atom is -0.444 e. The van der Waals surface area contributed by atoms with E-state index in [-0.39, 0.29) is 37.6 Å². The maximum absolute atomic E-state index is 14.3. The number of thiol groups is 1. The average molecular weight is 867 g/mol. The maximum atomic E-state index is 14.3. The van der Waals surface area contributed by atoms with Crippen molar-refractivity contribution in [2.45, 2.75) is 135 Å². The number of alkyl carbamates (subject to hydrolysis) is 1. The summed E-state index contributed by atoms with van der Waals surface area (Å²) in [4.78, 5) is 77.7. The number of carbonyl (C=O) groups is 5. The number of benzene rings is 1. The van der Waals surface area contributed by atoms with Crippen LogP contribution in [0.4, 0.5) is 4.79 Å². The number of carbonyl (C=O) groups excluding carboxylic acids is 5. The van der Waals surface area contributed by atoms with Crippen LogP contribution in [0.1, 0.15) is 92.1 Å². The number of aromatic nitrogens is 3. The van der Waals surface area contributed by atoms with Gasteiger partial charge in [0.2, 0.25) is 23.6 Å². The molecule has 2 aromatic heterocycles. The Bertz CT molecular complexity index is 1840. The first-order chi connectivity index (χ1) is 28.6. The van der Waals surface area contributed by atoms with Gasteiger partial charge in [-0.25, -0.2) is 9.78 Å². The number of hydrogen-bond donors (Lipinski definition) is 9. The number of amides is 5. The van der Waals surface area contributed by atoms with Crippen LogP contribution in [0.2, 0.25) is 0 Å². The fourth-order valence-corrected chi connectivity index (χ4v) is 7.46.